The van der Waals surface area contributed by atoms with E-state index in [1.165, 1.54) is 43.1 Å². The first-order valence-corrected chi connectivity index (χ1v) is 11.1. The molecule has 0 bridgehead atoms. The van der Waals surface area contributed by atoms with Gasteiger partial charge in [0.25, 0.3) is 0 Å². The molecule has 4 nitrogen and oxygen atoms in total. The number of likely N-dealkylation sites (tertiary alicyclic amines) is 1. The molecule has 0 aliphatic carbocycles. The summed E-state index contributed by atoms with van der Waals surface area (Å²) in [6, 6.07) is 12.7. The fourth-order valence-corrected chi connectivity index (χ4v) is 4.12. The number of hydrogen-bond acceptors (Lipinski definition) is 4. The smallest absolute Gasteiger partial charge is 0.494 e. The lowest BCUT2D eigenvalue weighted by Crippen LogP contribution is -2.41. The van der Waals surface area contributed by atoms with E-state index in [1.54, 1.807) is 0 Å². The van der Waals surface area contributed by atoms with Crippen LogP contribution >= 0.6 is 0 Å². The monoisotopic (exact) mass is 395 g/mol. The van der Waals surface area contributed by atoms with E-state index in [-0.39, 0.29) is 18.3 Å². The van der Waals surface area contributed by atoms with Crippen LogP contribution in [0.1, 0.15) is 53.4 Å². The second kappa shape index (κ2) is 8.29. The van der Waals surface area contributed by atoms with Gasteiger partial charge in [0.05, 0.1) is 17.8 Å². The van der Waals surface area contributed by atoms with Crippen LogP contribution in [-0.4, -0.2) is 49.5 Å². The van der Waals surface area contributed by atoms with Crippen molar-refractivity contribution >= 4 is 23.4 Å². The minimum absolute atomic E-state index is 0.321. The van der Waals surface area contributed by atoms with Crippen LogP contribution < -0.4 is 10.2 Å². The van der Waals surface area contributed by atoms with E-state index in [4.69, 9.17) is 14.0 Å². The molecule has 5 heteroatoms. The molecule has 2 aliphatic rings. The molecule has 2 aromatic rings. The number of nitrogens with zero attached hydrogens (tertiary/aromatic N) is 1. The van der Waals surface area contributed by atoms with E-state index in [0.717, 1.165) is 30.8 Å². The number of hydrogen-bond donors (Lipinski definition) is 0. The molecule has 29 heavy (non-hydrogen) atoms. The molecule has 0 aromatic heterocycles. The molecule has 0 amide bonds. The van der Waals surface area contributed by atoms with Crippen molar-refractivity contribution in [1.29, 1.82) is 0 Å². The van der Waals surface area contributed by atoms with Crippen molar-refractivity contribution in [3.05, 3.63) is 36.4 Å². The molecule has 2 heterocycles. The maximum atomic E-state index is 6.19. The third-order valence-corrected chi connectivity index (χ3v) is 6.70. The predicted molar refractivity (Wildman–Crippen MR) is 120 cm³/mol. The summed E-state index contributed by atoms with van der Waals surface area (Å²) in [5.41, 5.74) is 0.420. The van der Waals surface area contributed by atoms with E-state index in [1.807, 2.05) is 0 Å². The first-order valence-electron chi connectivity index (χ1n) is 11.1. The fraction of sp³-hybridized carbons (Fsp3) is 0.583. The summed E-state index contributed by atoms with van der Waals surface area (Å²) in [4.78, 5) is 2.56. The van der Waals surface area contributed by atoms with Gasteiger partial charge in [0.1, 0.15) is 5.75 Å². The summed E-state index contributed by atoms with van der Waals surface area (Å²) < 4.78 is 18.4. The van der Waals surface area contributed by atoms with Crippen molar-refractivity contribution in [2.45, 2.75) is 64.6 Å². The van der Waals surface area contributed by atoms with Crippen LogP contribution in [0.4, 0.5) is 0 Å². The quantitative estimate of drug-likeness (QED) is 0.536. The van der Waals surface area contributed by atoms with Gasteiger partial charge in [-0.1, -0.05) is 30.7 Å². The van der Waals surface area contributed by atoms with E-state index in [9.17, 15) is 0 Å². The Morgan fingerprint density at radius 1 is 0.897 bits per heavy atom. The van der Waals surface area contributed by atoms with Crippen molar-refractivity contribution in [3.8, 4) is 5.75 Å². The molecule has 2 aliphatic heterocycles. The van der Waals surface area contributed by atoms with Gasteiger partial charge in [0.15, 0.2) is 0 Å². The summed E-state index contributed by atoms with van der Waals surface area (Å²) in [7, 11) is -0.324. The van der Waals surface area contributed by atoms with Crippen molar-refractivity contribution in [2.75, 3.05) is 26.2 Å². The van der Waals surface area contributed by atoms with Gasteiger partial charge >= 0.3 is 7.12 Å². The summed E-state index contributed by atoms with van der Waals surface area (Å²) in [6.07, 6.45) is 5.16. The lowest BCUT2D eigenvalue weighted by Gasteiger charge is -2.32. The zero-order valence-electron chi connectivity index (χ0n) is 18.4. The number of fused-ring (bicyclic) bond motifs is 1. The van der Waals surface area contributed by atoms with E-state index in [0.29, 0.717) is 0 Å². The molecule has 0 spiro atoms. The maximum absolute atomic E-state index is 6.19. The second-order valence-corrected chi connectivity index (χ2v) is 9.46. The Bertz CT molecular complexity index is 829. The molecule has 4 rings (SSSR count). The molecular formula is C24H34BNO3. The van der Waals surface area contributed by atoms with Gasteiger partial charge in [-0.3, -0.25) is 0 Å². The van der Waals surface area contributed by atoms with Gasteiger partial charge in [-0.25, -0.2) is 0 Å². The van der Waals surface area contributed by atoms with Crippen molar-refractivity contribution in [1.82, 2.24) is 4.90 Å². The normalized spacial score (nSPS) is 21.6. The van der Waals surface area contributed by atoms with Gasteiger partial charge in [-0.2, -0.15) is 0 Å². The standard InChI is InChI=1S/C24H34BNO3/c1-23(2)24(3,4)29-25(28-23)21-11-9-20-18-22(12-10-19(20)17-21)27-16-8-15-26-13-6-5-7-14-26/h9-12,17-18H,5-8,13-16H2,1-4H3. The van der Waals surface area contributed by atoms with Gasteiger partial charge < -0.3 is 18.9 Å². The summed E-state index contributed by atoms with van der Waals surface area (Å²) in [6.45, 7) is 12.8. The number of piperidine rings is 1. The first-order chi connectivity index (χ1) is 13.8. The average Bonchev–Trinajstić information content (AvgIpc) is 2.93. The minimum Gasteiger partial charge on any atom is -0.494 e. The molecule has 0 saturated carbocycles. The van der Waals surface area contributed by atoms with Gasteiger partial charge in [-0.15, -0.1) is 0 Å². The Kier molecular flexibility index (Phi) is 5.92. The van der Waals surface area contributed by atoms with Crippen LogP contribution in [0.5, 0.6) is 5.75 Å². The lowest BCUT2D eigenvalue weighted by atomic mass is 9.78. The Morgan fingerprint density at radius 2 is 1.55 bits per heavy atom. The largest absolute Gasteiger partial charge is 0.494 e. The average molecular weight is 395 g/mol. The highest BCUT2D eigenvalue weighted by Crippen LogP contribution is 2.36. The number of ether oxygens (including phenoxy) is 1. The van der Waals surface area contributed by atoms with Crippen molar-refractivity contribution in [3.63, 3.8) is 0 Å². The van der Waals surface area contributed by atoms with Crippen LogP contribution in [0.2, 0.25) is 0 Å². The number of rotatable bonds is 6. The Balaban J connectivity index is 1.36. The second-order valence-electron chi connectivity index (χ2n) is 9.46. The molecule has 0 unspecified atom stereocenters. The van der Waals surface area contributed by atoms with Crippen LogP contribution in [0, 0.1) is 0 Å². The molecule has 0 N–H and O–H groups in total. The molecule has 2 saturated heterocycles. The molecule has 2 aromatic carbocycles. The van der Waals surface area contributed by atoms with Crippen LogP contribution in [0.15, 0.2) is 36.4 Å². The summed E-state index contributed by atoms with van der Waals surface area (Å²) in [5.74, 6) is 0.944. The van der Waals surface area contributed by atoms with E-state index >= 15 is 0 Å². The van der Waals surface area contributed by atoms with Gasteiger partial charge in [0, 0.05) is 6.54 Å². The third-order valence-electron chi connectivity index (χ3n) is 6.70. The van der Waals surface area contributed by atoms with E-state index in [2.05, 4.69) is 69.0 Å². The van der Waals surface area contributed by atoms with Crippen LogP contribution in [0.3, 0.4) is 0 Å². The highest BCUT2D eigenvalue weighted by atomic mass is 16.7. The predicted octanol–water partition coefficient (Wildman–Crippen LogP) is 4.39. The van der Waals surface area contributed by atoms with E-state index < -0.39 is 0 Å². The van der Waals surface area contributed by atoms with Crippen molar-refractivity contribution in [2.24, 2.45) is 0 Å². The molecule has 0 radical (unpaired) electrons. The van der Waals surface area contributed by atoms with Gasteiger partial charge in [0.2, 0.25) is 0 Å². The third kappa shape index (κ3) is 4.63. The number of benzene rings is 2. The Labute approximate surface area is 175 Å². The minimum atomic E-state index is -0.324. The Hall–Kier alpha value is -1.56. The van der Waals surface area contributed by atoms with Crippen LogP contribution in [-0.2, 0) is 9.31 Å². The lowest BCUT2D eigenvalue weighted by molar-refractivity contribution is 0.00578. The highest BCUT2D eigenvalue weighted by molar-refractivity contribution is 6.62. The van der Waals surface area contributed by atoms with Crippen molar-refractivity contribution < 1.29 is 14.0 Å². The Morgan fingerprint density at radius 3 is 2.28 bits per heavy atom. The molecule has 156 valence electrons. The zero-order chi connectivity index (χ0) is 20.5. The SMILES string of the molecule is CC1(C)OB(c2ccc3cc(OCCCN4CCCCC4)ccc3c2)OC1(C)C. The van der Waals surface area contributed by atoms with Crippen LogP contribution in [0.25, 0.3) is 10.8 Å². The molecule has 2 fully saturated rings. The zero-order valence-corrected chi connectivity index (χ0v) is 18.4. The first kappa shape index (κ1) is 20.7. The van der Waals surface area contributed by atoms with Gasteiger partial charge in [-0.05, 0) is 88.4 Å². The fourth-order valence-electron chi connectivity index (χ4n) is 4.12. The maximum Gasteiger partial charge on any atom is 0.494 e. The topological polar surface area (TPSA) is 30.9 Å². The molecule has 0 atom stereocenters. The highest BCUT2D eigenvalue weighted by Gasteiger charge is 2.51. The molecular weight excluding hydrogens is 361 g/mol. The summed E-state index contributed by atoms with van der Waals surface area (Å²) >= 11 is 0. The summed E-state index contributed by atoms with van der Waals surface area (Å²) in [5, 5.41) is 2.36.